The SMILES string of the molecule is COc1ccc(C)c2sc(N(CCCN3CCOCC3)C(=O)c3cccc(C(F)(F)F)c3)nc12.Cl. The van der Waals surface area contributed by atoms with E-state index in [0.717, 1.165) is 42.0 Å². The van der Waals surface area contributed by atoms with Crippen LogP contribution >= 0.6 is 23.7 Å². The minimum Gasteiger partial charge on any atom is -0.494 e. The zero-order valence-corrected chi connectivity index (χ0v) is 21.1. The number of carbonyl (C=O) groups is 1. The zero-order valence-electron chi connectivity index (χ0n) is 19.4. The van der Waals surface area contributed by atoms with E-state index in [9.17, 15) is 18.0 Å². The second kappa shape index (κ2) is 11.6. The van der Waals surface area contributed by atoms with Gasteiger partial charge in [0.1, 0.15) is 11.3 Å². The first kappa shape index (κ1) is 27.2. The number of rotatable bonds is 7. The number of morpholine rings is 1. The highest BCUT2D eigenvalue weighted by Crippen LogP contribution is 2.37. The smallest absolute Gasteiger partial charge is 0.416 e. The maximum Gasteiger partial charge on any atom is 0.416 e. The summed E-state index contributed by atoms with van der Waals surface area (Å²) in [6.45, 7) is 6.00. The van der Waals surface area contributed by atoms with E-state index in [1.54, 1.807) is 7.11 Å². The normalized spacial score (nSPS) is 14.5. The van der Waals surface area contributed by atoms with Gasteiger partial charge in [0.05, 0.1) is 30.6 Å². The molecular formula is C24H27ClF3N3O3S. The number of ether oxygens (including phenoxy) is 2. The number of alkyl halides is 3. The molecule has 2 heterocycles. The fraction of sp³-hybridized carbons (Fsp3) is 0.417. The fourth-order valence-electron chi connectivity index (χ4n) is 3.92. The van der Waals surface area contributed by atoms with Gasteiger partial charge in [0.25, 0.3) is 5.91 Å². The molecule has 0 bridgehead atoms. The number of fused-ring (bicyclic) bond motifs is 1. The minimum absolute atomic E-state index is 0. The van der Waals surface area contributed by atoms with Gasteiger partial charge in [0.2, 0.25) is 0 Å². The number of nitrogens with zero attached hydrogens (tertiary/aromatic N) is 3. The first-order chi connectivity index (χ1) is 16.3. The number of aryl methyl sites for hydroxylation is 1. The summed E-state index contributed by atoms with van der Waals surface area (Å²) in [7, 11) is 1.55. The predicted octanol–water partition coefficient (Wildman–Crippen LogP) is 5.42. The number of amides is 1. The van der Waals surface area contributed by atoms with Crippen molar-refractivity contribution in [3.05, 3.63) is 53.1 Å². The van der Waals surface area contributed by atoms with Gasteiger partial charge in [-0.25, -0.2) is 4.98 Å². The maximum atomic E-state index is 13.5. The molecule has 2 aromatic carbocycles. The topological polar surface area (TPSA) is 54.9 Å². The van der Waals surface area contributed by atoms with Crippen LogP contribution in [0, 0.1) is 6.92 Å². The van der Waals surface area contributed by atoms with Crippen LogP contribution in [0.5, 0.6) is 5.75 Å². The van der Waals surface area contributed by atoms with Crippen LogP contribution in [0.15, 0.2) is 36.4 Å². The molecule has 0 atom stereocenters. The number of methoxy groups -OCH3 is 1. The molecule has 1 aliphatic rings. The molecule has 0 spiro atoms. The van der Waals surface area contributed by atoms with E-state index in [1.807, 2.05) is 19.1 Å². The van der Waals surface area contributed by atoms with Crippen molar-refractivity contribution in [1.29, 1.82) is 0 Å². The Morgan fingerprint density at radius 1 is 1.23 bits per heavy atom. The lowest BCUT2D eigenvalue weighted by molar-refractivity contribution is -0.137. The number of aromatic nitrogens is 1. The van der Waals surface area contributed by atoms with Gasteiger partial charge in [-0.05, 0) is 43.2 Å². The molecule has 0 unspecified atom stereocenters. The van der Waals surface area contributed by atoms with Crippen molar-refractivity contribution < 1.29 is 27.4 Å². The van der Waals surface area contributed by atoms with Gasteiger partial charge >= 0.3 is 6.18 Å². The van der Waals surface area contributed by atoms with Crippen molar-refractivity contribution in [1.82, 2.24) is 9.88 Å². The van der Waals surface area contributed by atoms with Gasteiger partial charge in [-0.3, -0.25) is 14.6 Å². The molecule has 4 rings (SSSR count). The Labute approximate surface area is 212 Å². The Kier molecular flexibility index (Phi) is 8.98. The third-order valence-electron chi connectivity index (χ3n) is 5.78. The Morgan fingerprint density at radius 3 is 2.66 bits per heavy atom. The Balaban J connectivity index is 0.00000342. The van der Waals surface area contributed by atoms with Gasteiger partial charge in [-0.15, -0.1) is 12.4 Å². The van der Waals surface area contributed by atoms with Crippen molar-refractivity contribution >= 4 is 45.0 Å². The maximum absolute atomic E-state index is 13.5. The average molecular weight is 530 g/mol. The summed E-state index contributed by atoms with van der Waals surface area (Å²) >= 11 is 1.34. The molecule has 0 saturated carbocycles. The third kappa shape index (κ3) is 6.24. The van der Waals surface area contributed by atoms with Crippen molar-refractivity contribution in [2.75, 3.05) is 51.4 Å². The molecular weight excluding hydrogens is 503 g/mol. The fourth-order valence-corrected chi connectivity index (χ4v) is 5.00. The molecule has 190 valence electrons. The van der Waals surface area contributed by atoms with E-state index in [0.29, 0.717) is 42.6 Å². The largest absolute Gasteiger partial charge is 0.494 e. The van der Waals surface area contributed by atoms with E-state index in [4.69, 9.17) is 9.47 Å². The molecule has 0 N–H and O–H groups in total. The highest BCUT2D eigenvalue weighted by atomic mass is 35.5. The molecule has 1 aromatic heterocycles. The first-order valence-corrected chi connectivity index (χ1v) is 11.8. The second-order valence-corrected chi connectivity index (χ2v) is 9.08. The predicted molar refractivity (Wildman–Crippen MR) is 133 cm³/mol. The van der Waals surface area contributed by atoms with E-state index in [2.05, 4.69) is 9.88 Å². The van der Waals surface area contributed by atoms with Crippen molar-refractivity contribution in [3.63, 3.8) is 0 Å². The van der Waals surface area contributed by atoms with Crippen molar-refractivity contribution in [2.45, 2.75) is 19.5 Å². The van der Waals surface area contributed by atoms with Crippen molar-refractivity contribution in [3.8, 4) is 5.75 Å². The Morgan fingerprint density at radius 2 is 1.97 bits per heavy atom. The number of benzene rings is 2. The number of hydrogen-bond acceptors (Lipinski definition) is 6. The molecule has 1 aliphatic heterocycles. The molecule has 0 aliphatic carbocycles. The molecule has 1 saturated heterocycles. The standard InChI is InChI=1S/C24H26F3N3O3S.ClH/c1-16-7-8-19(32-2)20-21(16)34-23(28-20)30(10-4-9-29-11-13-33-14-12-29)22(31)17-5-3-6-18(15-17)24(25,26)27;/h3,5-8,15H,4,9-14H2,1-2H3;1H. The van der Waals surface area contributed by atoms with Crippen LogP contribution in [0.25, 0.3) is 10.2 Å². The molecule has 1 amide bonds. The highest BCUT2D eigenvalue weighted by molar-refractivity contribution is 7.22. The van der Waals surface area contributed by atoms with Crippen LogP contribution in [0.2, 0.25) is 0 Å². The highest BCUT2D eigenvalue weighted by Gasteiger charge is 2.32. The summed E-state index contributed by atoms with van der Waals surface area (Å²) in [5.74, 6) is 0.0756. The summed E-state index contributed by atoms with van der Waals surface area (Å²) < 4.78 is 51.5. The molecule has 1 fully saturated rings. The minimum atomic E-state index is -4.53. The summed E-state index contributed by atoms with van der Waals surface area (Å²) in [6.07, 6.45) is -3.88. The van der Waals surface area contributed by atoms with Crippen LogP contribution in [-0.4, -0.2) is 62.3 Å². The van der Waals surface area contributed by atoms with Crippen LogP contribution in [0.1, 0.15) is 27.9 Å². The molecule has 6 nitrogen and oxygen atoms in total. The zero-order chi connectivity index (χ0) is 24.3. The number of halogens is 4. The van der Waals surface area contributed by atoms with Gasteiger partial charge in [0, 0.05) is 31.7 Å². The van der Waals surface area contributed by atoms with Gasteiger partial charge in [0.15, 0.2) is 5.13 Å². The first-order valence-electron chi connectivity index (χ1n) is 11.0. The number of carbonyl (C=O) groups excluding carboxylic acids is 1. The monoisotopic (exact) mass is 529 g/mol. The lowest BCUT2D eigenvalue weighted by atomic mass is 10.1. The van der Waals surface area contributed by atoms with Gasteiger partial charge < -0.3 is 9.47 Å². The van der Waals surface area contributed by atoms with Gasteiger partial charge in [-0.2, -0.15) is 13.2 Å². The van der Waals surface area contributed by atoms with Crippen LogP contribution < -0.4 is 9.64 Å². The number of anilines is 1. The Bertz CT molecular complexity index is 1170. The van der Waals surface area contributed by atoms with E-state index in [1.165, 1.54) is 28.4 Å². The quantitative estimate of drug-likeness (QED) is 0.409. The molecule has 11 heteroatoms. The number of thiazole rings is 1. The summed E-state index contributed by atoms with van der Waals surface area (Å²) in [4.78, 5) is 21.9. The van der Waals surface area contributed by atoms with E-state index in [-0.39, 0.29) is 18.0 Å². The van der Waals surface area contributed by atoms with E-state index >= 15 is 0 Å². The van der Waals surface area contributed by atoms with E-state index < -0.39 is 17.6 Å². The summed E-state index contributed by atoms with van der Waals surface area (Å²) in [5, 5.41) is 0.437. The summed E-state index contributed by atoms with van der Waals surface area (Å²) in [5.41, 5.74) is 0.745. The number of hydrogen-bond donors (Lipinski definition) is 0. The molecule has 0 radical (unpaired) electrons. The lowest BCUT2D eigenvalue weighted by Crippen LogP contribution is -2.39. The van der Waals surface area contributed by atoms with Crippen LogP contribution in [-0.2, 0) is 10.9 Å². The molecule has 35 heavy (non-hydrogen) atoms. The van der Waals surface area contributed by atoms with Crippen LogP contribution in [0.4, 0.5) is 18.3 Å². The van der Waals surface area contributed by atoms with Crippen molar-refractivity contribution in [2.24, 2.45) is 0 Å². The Hall–Kier alpha value is -2.40. The second-order valence-electron chi connectivity index (χ2n) is 8.10. The lowest BCUT2D eigenvalue weighted by Gasteiger charge is -2.27. The summed E-state index contributed by atoms with van der Waals surface area (Å²) in [6, 6.07) is 8.26. The third-order valence-corrected chi connectivity index (χ3v) is 7.00. The average Bonchev–Trinajstić information content (AvgIpc) is 3.28. The molecule has 3 aromatic rings. The van der Waals surface area contributed by atoms with Gasteiger partial charge in [-0.1, -0.05) is 23.5 Å². The van der Waals surface area contributed by atoms with Crippen LogP contribution in [0.3, 0.4) is 0 Å².